The second kappa shape index (κ2) is 11.7. The molecule has 0 radical (unpaired) electrons. The molecule has 3 amide bonds. The molecule has 14 heteroatoms. The summed E-state index contributed by atoms with van der Waals surface area (Å²) in [6.45, 7) is 2.54. The van der Waals surface area contributed by atoms with Crippen LogP contribution in [0.2, 0.25) is 0 Å². The number of hydrogen-bond donors (Lipinski definition) is 5. The van der Waals surface area contributed by atoms with Crippen LogP contribution in [-0.4, -0.2) is 78.6 Å². The molecule has 3 heterocycles. The van der Waals surface area contributed by atoms with E-state index < -0.39 is 23.3 Å². The Kier molecular flexibility index (Phi) is 8.38. The Morgan fingerprint density at radius 3 is 2.81 bits per heavy atom. The van der Waals surface area contributed by atoms with E-state index in [-0.39, 0.29) is 35.4 Å². The third kappa shape index (κ3) is 5.74. The molecular formula is C23H27N7O5S2. The summed E-state index contributed by atoms with van der Waals surface area (Å²) in [6, 6.07) is 6.16. The van der Waals surface area contributed by atoms with Crippen molar-refractivity contribution in [2.75, 3.05) is 23.8 Å². The zero-order valence-corrected chi connectivity index (χ0v) is 21.7. The summed E-state index contributed by atoms with van der Waals surface area (Å²) in [4.78, 5) is 51.2. The van der Waals surface area contributed by atoms with Gasteiger partial charge >= 0.3 is 5.97 Å². The minimum absolute atomic E-state index is 0.0173. The zero-order chi connectivity index (χ0) is 26.5. The first-order valence-electron chi connectivity index (χ1n) is 11.7. The van der Waals surface area contributed by atoms with Crippen molar-refractivity contribution < 1.29 is 24.3 Å². The molecule has 6 N–H and O–H groups in total. The fourth-order valence-corrected chi connectivity index (χ4v) is 6.38. The molecule has 0 aliphatic carbocycles. The number of para-hydroxylation sites is 1. The van der Waals surface area contributed by atoms with Crippen LogP contribution in [0.1, 0.15) is 35.8 Å². The van der Waals surface area contributed by atoms with Gasteiger partial charge in [-0.15, -0.1) is 22.0 Å². The van der Waals surface area contributed by atoms with Gasteiger partial charge in [0.15, 0.2) is 10.7 Å². The molecule has 1 aromatic heterocycles. The number of nitrogen functional groups attached to an aromatic ring is 1. The van der Waals surface area contributed by atoms with Crippen LogP contribution < -0.4 is 16.4 Å². The van der Waals surface area contributed by atoms with Crippen molar-refractivity contribution >= 4 is 52.9 Å². The highest BCUT2D eigenvalue weighted by Gasteiger charge is 2.54. The first-order chi connectivity index (χ1) is 17.8. The van der Waals surface area contributed by atoms with Gasteiger partial charge in [-0.2, -0.15) is 5.21 Å². The topological polar surface area (TPSA) is 183 Å². The predicted molar refractivity (Wildman–Crippen MR) is 139 cm³/mol. The highest BCUT2D eigenvalue weighted by atomic mass is 32.2. The SMILES string of the molecule is CCCCNC(=O)c1n[nH]nc1SCC1=C(C(=O)O)N2C(=O)C(NC(=O)Cc3ccccc3N)[C@H]2SC1. The van der Waals surface area contributed by atoms with Crippen LogP contribution in [0.4, 0.5) is 5.69 Å². The van der Waals surface area contributed by atoms with Gasteiger partial charge in [0.1, 0.15) is 17.1 Å². The van der Waals surface area contributed by atoms with Crippen LogP contribution >= 0.6 is 23.5 Å². The Hall–Kier alpha value is -3.52. The zero-order valence-electron chi connectivity index (χ0n) is 20.0. The van der Waals surface area contributed by atoms with Crippen molar-refractivity contribution in [3.05, 3.63) is 46.8 Å². The number of benzene rings is 1. The summed E-state index contributed by atoms with van der Waals surface area (Å²) in [7, 11) is 0. The van der Waals surface area contributed by atoms with Crippen molar-refractivity contribution in [2.24, 2.45) is 0 Å². The highest BCUT2D eigenvalue weighted by Crippen LogP contribution is 2.41. The minimum atomic E-state index is -1.23. The summed E-state index contributed by atoms with van der Waals surface area (Å²) in [5, 5.41) is 25.6. The molecular weight excluding hydrogens is 518 g/mol. The number of nitrogens with two attached hydrogens (primary N) is 1. The maximum absolute atomic E-state index is 12.9. The number of carbonyl (C=O) groups is 4. The second-order valence-corrected chi connectivity index (χ2v) is 10.5. The van der Waals surface area contributed by atoms with Gasteiger partial charge in [-0.1, -0.05) is 43.3 Å². The smallest absolute Gasteiger partial charge is 0.352 e. The molecule has 2 aromatic rings. The van der Waals surface area contributed by atoms with E-state index in [1.807, 2.05) is 6.92 Å². The van der Waals surface area contributed by atoms with Crippen LogP contribution in [0.15, 0.2) is 40.6 Å². The monoisotopic (exact) mass is 545 g/mol. The standard InChI is InChI=1S/C23H27N7O5S2/c1-2-3-8-25-19(32)16-20(28-29-27-16)36-10-13-11-37-22-17(21(33)30(22)18(13)23(34)35)26-15(31)9-12-6-4-5-7-14(12)24/h4-7,17,22H,2-3,8-11,24H2,1H3,(H,25,32)(H,26,31)(H,34,35)(H,27,28,29)/t17?,22-/m1/s1. The van der Waals surface area contributed by atoms with E-state index in [9.17, 15) is 24.3 Å². The Morgan fingerprint density at radius 1 is 1.30 bits per heavy atom. The van der Waals surface area contributed by atoms with E-state index >= 15 is 0 Å². The third-order valence-electron chi connectivity index (χ3n) is 5.90. The van der Waals surface area contributed by atoms with E-state index in [0.29, 0.717) is 34.1 Å². The number of aromatic amines is 1. The van der Waals surface area contributed by atoms with Crippen molar-refractivity contribution in [1.82, 2.24) is 30.9 Å². The maximum atomic E-state index is 12.9. The fraction of sp³-hybridized carbons (Fsp3) is 0.391. The molecule has 1 unspecified atom stereocenters. The van der Waals surface area contributed by atoms with E-state index in [1.165, 1.54) is 28.4 Å². The number of thioether (sulfide) groups is 2. The van der Waals surface area contributed by atoms with E-state index in [1.54, 1.807) is 24.3 Å². The quantitative estimate of drug-likeness (QED) is 0.118. The molecule has 1 aromatic carbocycles. The summed E-state index contributed by atoms with van der Waals surface area (Å²) >= 11 is 2.55. The highest BCUT2D eigenvalue weighted by molar-refractivity contribution is 8.01. The molecule has 196 valence electrons. The van der Waals surface area contributed by atoms with Gasteiger partial charge in [0.25, 0.3) is 11.8 Å². The molecule has 1 fully saturated rings. The molecule has 2 aliphatic rings. The van der Waals surface area contributed by atoms with Gasteiger partial charge in [0.2, 0.25) is 5.91 Å². The largest absolute Gasteiger partial charge is 0.477 e. The third-order valence-corrected chi connectivity index (χ3v) is 8.29. The van der Waals surface area contributed by atoms with Crippen LogP contribution in [0.5, 0.6) is 0 Å². The minimum Gasteiger partial charge on any atom is -0.477 e. The number of β-lactam (4-membered cyclic amide) rings is 1. The summed E-state index contributed by atoms with van der Waals surface area (Å²) in [5.74, 6) is -1.88. The van der Waals surface area contributed by atoms with Crippen molar-refractivity contribution in [1.29, 1.82) is 0 Å². The fourth-order valence-electron chi connectivity index (χ4n) is 3.97. The van der Waals surface area contributed by atoms with Crippen LogP contribution in [-0.2, 0) is 20.8 Å². The number of aliphatic carboxylic acids is 1. The van der Waals surface area contributed by atoms with Crippen molar-refractivity contribution in [3.8, 4) is 0 Å². The molecule has 0 spiro atoms. The van der Waals surface area contributed by atoms with Crippen molar-refractivity contribution in [2.45, 2.75) is 42.6 Å². The first-order valence-corrected chi connectivity index (χ1v) is 13.7. The van der Waals surface area contributed by atoms with Gasteiger partial charge in [-0.05, 0) is 23.6 Å². The number of anilines is 1. The van der Waals surface area contributed by atoms with E-state index in [4.69, 9.17) is 5.73 Å². The number of hydrogen-bond acceptors (Lipinski definition) is 9. The number of aromatic nitrogens is 3. The average Bonchev–Trinajstić information content (AvgIpc) is 3.35. The lowest BCUT2D eigenvalue weighted by atomic mass is 10.0. The Morgan fingerprint density at radius 2 is 2.08 bits per heavy atom. The molecule has 1 saturated heterocycles. The van der Waals surface area contributed by atoms with Gasteiger partial charge in [-0.3, -0.25) is 19.3 Å². The Balaban J connectivity index is 1.41. The molecule has 0 bridgehead atoms. The second-order valence-electron chi connectivity index (χ2n) is 8.46. The average molecular weight is 546 g/mol. The number of unbranched alkanes of at least 4 members (excludes halogenated alkanes) is 1. The first kappa shape index (κ1) is 26.5. The van der Waals surface area contributed by atoms with Gasteiger partial charge in [-0.25, -0.2) is 4.79 Å². The molecule has 2 aliphatic heterocycles. The van der Waals surface area contributed by atoms with Gasteiger partial charge in [0, 0.05) is 23.7 Å². The Labute approximate surface area is 221 Å². The van der Waals surface area contributed by atoms with Gasteiger partial charge < -0.3 is 21.5 Å². The number of amides is 3. The number of carboxylic acids is 1. The number of fused-ring (bicyclic) bond motifs is 1. The maximum Gasteiger partial charge on any atom is 0.352 e. The molecule has 0 saturated carbocycles. The molecule has 4 rings (SSSR count). The number of rotatable bonds is 11. The number of H-pyrrole nitrogens is 1. The van der Waals surface area contributed by atoms with Crippen molar-refractivity contribution in [3.63, 3.8) is 0 Å². The van der Waals surface area contributed by atoms with E-state index in [0.717, 1.165) is 12.8 Å². The van der Waals surface area contributed by atoms with Crippen LogP contribution in [0, 0.1) is 0 Å². The summed E-state index contributed by atoms with van der Waals surface area (Å²) in [6.07, 6.45) is 1.79. The molecule has 2 atom stereocenters. The van der Waals surface area contributed by atoms with Crippen LogP contribution in [0.25, 0.3) is 0 Å². The van der Waals surface area contributed by atoms with E-state index in [2.05, 4.69) is 26.0 Å². The number of nitrogens with one attached hydrogen (secondary N) is 3. The predicted octanol–water partition coefficient (Wildman–Crippen LogP) is 0.990. The lowest BCUT2D eigenvalue weighted by Crippen LogP contribution is -2.70. The lowest BCUT2D eigenvalue weighted by Gasteiger charge is -2.49. The molecule has 37 heavy (non-hydrogen) atoms. The van der Waals surface area contributed by atoms with Crippen LogP contribution in [0.3, 0.4) is 0 Å². The lowest BCUT2D eigenvalue weighted by molar-refractivity contribution is -0.150. The van der Waals surface area contributed by atoms with Gasteiger partial charge in [0.05, 0.1) is 6.42 Å². The summed E-state index contributed by atoms with van der Waals surface area (Å²) in [5.41, 5.74) is 7.59. The number of carbonyl (C=O) groups excluding carboxylic acids is 3. The number of nitrogens with zero attached hydrogens (tertiary/aromatic N) is 3. The normalized spacial score (nSPS) is 18.7. The Bertz CT molecular complexity index is 1250. The summed E-state index contributed by atoms with van der Waals surface area (Å²) < 4.78 is 0. The molecule has 12 nitrogen and oxygen atoms in total. The number of carboxylic acid groups (broad SMARTS) is 1.